The topological polar surface area (TPSA) is 12.0 Å². The molecule has 4 heteroatoms. The van der Waals surface area contributed by atoms with Gasteiger partial charge < -0.3 is 5.32 Å². The minimum absolute atomic E-state index is 0.228. The molecule has 2 rings (SSSR count). The van der Waals surface area contributed by atoms with Crippen molar-refractivity contribution >= 4 is 0 Å². The summed E-state index contributed by atoms with van der Waals surface area (Å²) in [6, 6.07) is 13.2. The molecule has 0 heterocycles. The molecule has 0 fully saturated rings. The number of rotatable bonds is 4. The third kappa shape index (κ3) is 3.85. The summed E-state index contributed by atoms with van der Waals surface area (Å²) in [6.07, 6.45) is -4.35. The van der Waals surface area contributed by atoms with Crippen molar-refractivity contribution in [1.29, 1.82) is 0 Å². The van der Waals surface area contributed by atoms with Gasteiger partial charge in [-0.25, -0.2) is 0 Å². The van der Waals surface area contributed by atoms with Crippen molar-refractivity contribution in [3.05, 3.63) is 59.7 Å². The maximum absolute atomic E-state index is 13.2. The molecule has 0 radical (unpaired) electrons. The van der Waals surface area contributed by atoms with E-state index in [1.807, 2.05) is 26.0 Å². The van der Waals surface area contributed by atoms with Crippen LogP contribution < -0.4 is 5.32 Å². The van der Waals surface area contributed by atoms with Crippen LogP contribution in [0.2, 0.25) is 0 Å². The molecular weight excluding hydrogens is 275 g/mol. The molecule has 2 aromatic rings. The first-order valence-electron chi connectivity index (χ1n) is 6.87. The Morgan fingerprint density at radius 3 is 2.10 bits per heavy atom. The summed E-state index contributed by atoms with van der Waals surface area (Å²) in [6.45, 7) is 4.55. The molecule has 0 unspecified atom stereocenters. The Balaban J connectivity index is 2.48. The van der Waals surface area contributed by atoms with E-state index >= 15 is 0 Å². The molecule has 0 aromatic heterocycles. The molecule has 0 saturated heterocycles. The zero-order chi connectivity index (χ0) is 15.5. The molecule has 1 nitrogen and oxygen atoms in total. The van der Waals surface area contributed by atoms with Gasteiger partial charge in [-0.2, -0.15) is 13.2 Å². The minimum atomic E-state index is -4.35. The Bertz CT molecular complexity index is 603. The number of alkyl halides is 3. The van der Waals surface area contributed by atoms with E-state index in [-0.39, 0.29) is 11.6 Å². The van der Waals surface area contributed by atoms with Crippen LogP contribution in [0.1, 0.15) is 25.0 Å². The first-order valence-corrected chi connectivity index (χ1v) is 6.87. The predicted octanol–water partition coefficient (Wildman–Crippen LogP) is 4.87. The Hall–Kier alpha value is -1.81. The van der Waals surface area contributed by atoms with Gasteiger partial charge in [0, 0.05) is 12.6 Å². The van der Waals surface area contributed by atoms with Crippen LogP contribution in [0.4, 0.5) is 13.2 Å². The van der Waals surface area contributed by atoms with Crippen LogP contribution in [0, 0.1) is 0 Å². The smallest absolute Gasteiger partial charge is 0.310 e. The SMILES string of the molecule is CC(C)NCc1ccccc1-c1ccccc1C(F)(F)F. The Labute approximate surface area is 122 Å². The van der Waals surface area contributed by atoms with Crippen LogP contribution in [0.25, 0.3) is 11.1 Å². The zero-order valence-electron chi connectivity index (χ0n) is 12.0. The molecule has 112 valence electrons. The molecule has 0 saturated carbocycles. The molecule has 2 aromatic carbocycles. The molecule has 0 bridgehead atoms. The van der Waals surface area contributed by atoms with Crippen LogP contribution in [-0.4, -0.2) is 6.04 Å². The second-order valence-electron chi connectivity index (χ2n) is 5.24. The van der Waals surface area contributed by atoms with Gasteiger partial charge in [-0.05, 0) is 22.8 Å². The van der Waals surface area contributed by atoms with Crippen molar-refractivity contribution in [2.75, 3.05) is 0 Å². The normalized spacial score (nSPS) is 11.9. The molecule has 0 aliphatic heterocycles. The molecule has 21 heavy (non-hydrogen) atoms. The van der Waals surface area contributed by atoms with Crippen molar-refractivity contribution in [2.24, 2.45) is 0 Å². The Kier molecular flexibility index (Phi) is 4.68. The van der Waals surface area contributed by atoms with E-state index in [2.05, 4.69) is 5.32 Å². The van der Waals surface area contributed by atoms with E-state index in [4.69, 9.17) is 0 Å². The van der Waals surface area contributed by atoms with E-state index in [1.165, 1.54) is 12.1 Å². The molecule has 0 spiro atoms. The number of halogens is 3. The van der Waals surface area contributed by atoms with Gasteiger partial charge in [-0.1, -0.05) is 56.3 Å². The second kappa shape index (κ2) is 6.31. The lowest BCUT2D eigenvalue weighted by atomic mass is 9.95. The Morgan fingerprint density at radius 2 is 1.48 bits per heavy atom. The summed E-state index contributed by atoms with van der Waals surface area (Å²) >= 11 is 0. The fourth-order valence-electron chi connectivity index (χ4n) is 2.22. The molecule has 0 aliphatic rings. The number of benzene rings is 2. The average molecular weight is 293 g/mol. The van der Waals surface area contributed by atoms with Crippen molar-refractivity contribution in [1.82, 2.24) is 5.32 Å². The predicted molar refractivity (Wildman–Crippen MR) is 78.9 cm³/mol. The summed E-state index contributed by atoms with van der Waals surface area (Å²) < 4.78 is 39.5. The van der Waals surface area contributed by atoms with Crippen molar-refractivity contribution < 1.29 is 13.2 Å². The minimum Gasteiger partial charge on any atom is -0.310 e. The summed E-state index contributed by atoms with van der Waals surface area (Å²) in [5, 5.41) is 3.25. The van der Waals surface area contributed by atoms with Crippen LogP contribution in [0.15, 0.2) is 48.5 Å². The number of hydrogen-bond donors (Lipinski definition) is 1. The molecule has 0 amide bonds. The maximum Gasteiger partial charge on any atom is 0.417 e. The third-order valence-corrected chi connectivity index (χ3v) is 3.24. The maximum atomic E-state index is 13.2. The fraction of sp³-hybridized carbons (Fsp3) is 0.294. The van der Waals surface area contributed by atoms with Crippen LogP contribution in [-0.2, 0) is 12.7 Å². The molecule has 1 N–H and O–H groups in total. The Morgan fingerprint density at radius 1 is 0.905 bits per heavy atom. The van der Waals surface area contributed by atoms with E-state index in [9.17, 15) is 13.2 Å². The van der Waals surface area contributed by atoms with Crippen LogP contribution in [0.3, 0.4) is 0 Å². The van der Waals surface area contributed by atoms with Gasteiger partial charge in [0.15, 0.2) is 0 Å². The van der Waals surface area contributed by atoms with Gasteiger partial charge in [0.25, 0.3) is 0 Å². The van der Waals surface area contributed by atoms with Crippen LogP contribution in [0.5, 0.6) is 0 Å². The highest BCUT2D eigenvalue weighted by Crippen LogP contribution is 2.37. The molecule has 0 aliphatic carbocycles. The zero-order valence-corrected chi connectivity index (χ0v) is 12.0. The van der Waals surface area contributed by atoms with Crippen molar-refractivity contribution in [2.45, 2.75) is 32.6 Å². The quantitative estimate of drug-likeness (QED) is 0.848. The highest BCUT2D eigenvalue weighted by molar-refractivity contribution is 5.71. The van der Waals surface area contributed by atoms with Gasteiger partial charge in [0.1, 0.15) is 0 Å². The van der Waals surface area contributed by atoms with Gasteiger partial charge in [0.2, 0.25) is 0 Å². The lowest BCUT2D eigenvalue weighted by Crippen LogP contribution is -2.22. The summed E-state index contributed by atoms with van der Waals surface area (Å²) in [5.74, 6) is 0. The van der Waals surface area contributed by atoms with Crippen molar-refractivity contribution in [3.63, 3.8) is 0 Å². The highest BCUT2D eigenvalue weighted by atomic mass is 19.4. The van der Waals surface area contributed by atoms with E-state index < -0.39 is 11.7 Å². The van der Waals surface area contributed by atoms with E-state index in [1.54, 1.807) is 18.2 Å². The third-order valence-electron chi connectivity index (χ3n) is 3.24. The molecular formula is C17H18F3N. The second-order valence-corrected chi connectivity index (χ2v) is 5.24. The lowest BCUT2D eigenvalue weighted by molar-refractivity contribution is -0.137. The number of hydrogen-bond acceptors (Lipinski definition) is 1. The van der Waals surface area contributed by atoms with E-state index in [0.29, 0.717) is 12.1 Å². The standard InChI is InChI=1S/C17H18F3N/c1-12(2)21-11-13-7-3-4-8-14(13)15-9-5-6-10-16(15)17(18,19)20/h3-10,12,21H,11H2,1-2H3. The van der Waals surface area contributed by atoms with E-state index in [0.717, 1.165) is 11.6 Å². The monoisotopic (exact) mass is 293 g/mol. The van der Waals surface area contributed by atoms with Crippen molar-refractivity contribution in [3.8, 4) is 11.1 Å². The summed E-state index contributed by atoms with van der Waals surface area (Å²) in [4.78, 5) is 0. The van der Waals surface area contributed by atoms with Crippen LogP contribution >= 0.6 is 0 Å². The highest BCUT2D eigenvalue weighted by Gasteiger charge is 2.33. The van der Waals surface area contributed by atoms with Gasteiger partial charge in [0.05, 0.1) is 5.56 Å². The first-order chi connectivity index (χ1) is 9.89. The number of nitrogens with one attached hydrogen (secondary N) is 1. The van der Waals surface area contributed by atoms with Gasteiger partial charge >= 0.3 is 6.18 Å². The van der Waals surface area contributed by atoms with Gasteiger partial charge in [-0.3, -0.25) is 0 Å². The lowest BCUT2D eigenvalue weighted by Gasteiger charge is -2.17. The fourth-order valence-corrected chi connectivity index (χ4v) is 2.22. The van der Waals surface area contributed by atoms with Gasteiger partial charge in [-0.15, -0.1) is 0 Å². The largest absolute Gasteiger partial charge is 0.417 e. The first kappa shape index (κ1) is 15.6. The molecule has 0 atom stereocenters. The summed E-state index contributed by atoms with van der Waals surface area (Å²) in [7, 11) is 0. The average Bonchev–Trinajstić information content (AvgIpc) is 2.44. The summed E-state index contributed by atoms with van der Waals surface area (Å²) in [5.41, 5.74) is 1.12.